The fourth-order valence-corrected chi connectivity index (χ4v) is 1.38. The smallest absolute Gasteiger partial charge is 0.269 e. The van der Waals surface area contributed by atoms with Gasteiger partial charge in [0, 0.05) is 23.9 Å². The summed E-state index contributed by atoms with van der Waals surface area (Å²) < 4.78 is 37.5. The molecule has 0 saturated carbocycles. The van der Waals surface area contributed by atoms with Crippen molar-refractivity contribution in [1.82, 2.24) is 9.78 Å². The van der Waals surface area contributed by atoms with Crippen LogP contribution in [0.1, 0.15) is 32.9 Å². The SMILES string of the molecule is CC(C)(C)c1ccnn1CCC(F)(F)F. The van der Waals surface area contributed by atoms with E-state index in [0.717, 1.165) is 5.69 Å². The van der Waals surface area contributed by atoms with Crippen molar-refractivity contribution in [3.8, 4) is 0 Å². The molecule has 0 N–H and O–H groups in total. The van der Waals surface area contributed by atoms with E-state index in [2.05, 4.69) is 5.10 Å². The lowest BCUT2D eigenvalue weighted by atomic mass is 9.92. The Hall–Kier alpha value is -1.00. The van der Waals surface area contributed by atoms with Crippen molar-refractivity contribution >= 4 is 0 Å². The molecule has 0 aliphatic rings. The van der Waals surface area contributed by atoms with Crippen LogP contribution in [-0.2, 0) is 12.0 Å². The first-order chi connectivity index (χ1) is 6.70. The summed E-state index contributed by atoms with van der Waals surface area (Å²) in [5, 5.41) is 3.90. The molecule has 1 rings (SSSR count). The van der Waals surface area contributed by atoms with E-state index in [1.165, 1.54) is 10.9 Å². The second-order valence-corrected chi connectivity index (χ2v) is 4.55. The van der Waals surface area contributed by atoms with E-state index in [1.807, 2.05) is 20.8 Å². The maximum absolute atomic E-state index is 12.0. The first-order valence-electron chi connectivity index (χ1n) is 4.79. The average Bonchev–Trinajstić information content (AvgIpc) is 2.45. The summed E-state index contributed by atoms with van der Waals surface area (Å²) in [6, 6.07) is 1.76. The lowest BCUT2D eigenvalue weighted by Crippen LogP contribution is -2.21. The molecule has 0 amide bonds. The van der Waals surface area contributed by atoms with Crippen LogP contribution in [0.4, 0.5) is 13.2 Å². The Labute approximate surface area is 87.1 Å². The molecule has 0 saturated heterocycles. The van der Waals surface area contributed by atoms with Crippen LogP contribution in [0, 0.1) is 0 Å². The molecule has 0 bridgehead atoms. The highest BCUT2D eigenvalue weighted by atomic mass is 19.4. The van der Waals surface area contributed by atoms with Crippen LogP contribution < -0.4 is 0 Å². The molecule has 15 heavy (non-hydrogen) atoms. The molecule has 0 unspecified atom stereocenters. The van der Waals surface area contributed by atoms with Gasteiger partial charge in [-0.25, -0.2) is 0 Å². The Morgan fingerprint density at radius 2 is 1.87 bits per heavy atom. The monoisotopic (exact) mass is 220 g/mol. The van der Waals surface area contributed by atoms with E-state index in [4.69, 9.17) is 0 Å². The molecule has 0 aromatic carbocycles. The minimum absolute atomic E-state index is 0.108. The van der Waals surface area contributed by atoms with Crippen LogP contribution >= 0.6 is 0 Å². The first kappa shape index (κ1) is 12.1. The zero-order valence-corrected chi connectivity index (χ0v) is 9.10. The van der Waals surface area contributed by atoms with E-state index in [9.17, 15) is 13.2 Å². The number of hydrogen-bond acceptors (Lipinski definition) is 1. The molecule has 5 heteroatoms. The molecule has 0 aliphatic heterocycles. The summed E-state index contributed by atoms with van der Waals surface area (Å²) in [6.45, 7) is 5.75. The maximum Gasteiger partial charge on any atom is 0.390 e. The van der Waals surface area contributed by atoms with Gasteiger partial charge in [-0.15, -0.1) is 0 Å². The third kappa shape index (κ3) is 3.57. The molecule has 1 heterocycles. The summed E-state index contributed by atoms with van der Waals surface area (Å²) in [7, 11) is 0. The van der Waals surface area contributed by atoms with Crippen molar-refractivity contribution in [2.75, 3.05) is 0 Å². The van der Waals surface area contributed by atoms with Crippen LogP contribution in [-0.4, -0.2) is 16.0 Å². The highest BCUT2D eigenvalue weighted by Crippen LogP contribution is 2.24. The molecule has 1 aromatic heterocycles. The number of alkyl halides is 3. The summed E-state index contributed by atoms with van der Waals surface area (Å²) >= 11 is 0. The van der Waals surface area contributed by atoms with E-state index in [1.54, 1.807) is 6.07 Å². The van der Waals surface area contributed by atoms with Gasteiger partial charge in [0.2, 0.25) is 0 Å². The van der Waals surface area contributed by atoms with E-state index >= 15 is 0 Å². The second kappa shape index (κ2) is 3.87. The standard InChI is InChI=1S/C10H15F3N2/c1-9(2,3)8-4-6-14-15(8)7-5-10(11,12)13/h4,6H,5,7H2,1-3H3. The lowest BCUT2D eigenvalue weighted by molar-refractivity contribution is -0.137. The molecular weight excluding hydrogens is 205 g/mol. The van der Waals surface area contributed by atoms with Gasteiger partial charge in [-0.1, -0.05) is 20.8 Å². The predicted octanol–water partition coefficient (Wildman–Crippen LogP) is 3.13. The number of rotatable bonds is 2. The van der Waals surface area contributed by atoms with E-state index in [0.29, 0.717) is 0 Å². The minimum atomic E-state index is -4.12. The quantitative estimate of drug-likeness (QED) is 0.748. The van der Waals surface area contributed by atoms with Crippen LogP contribution in [0.3, 0.4) is 0 Å². The lowest BCUT2D eigenvalue weighted by Gasteiger charge is -2.20. The van der Waals surface area contributed by atoms with Gasteiger partial charge >= 0.3 is 6.18 Å². The summed E-state index contributed by atoms with van der Waals surface area (Å²) in [5.74, 6) is 0. The van der Waals surface area contributed by atoms with Gasteiger partial charge in [0.05, 0.1) is 6.42 Å². The van der Waals surface area contributed by atoms with Crippen molar-refractivity contribution < 1.29 is 13.2 Å². The number of hydrogen-bond donors (Lipinski definition) is 0. The molecule has 0 spiro atoms. The van der Waals surface area contributed by atoms with Crippen molar-refractivity contribution in [2.45, 2.75) is 45.3 Å². The highest BCUT2D eigenvalue weighted by molar-refractivity contribution is 5.11. The second-order valence-electron chi connectivity index (χ2n) is 4.55. The van der Waals surface area contributed by atoms with Crippen molar-refractivity contribution in [2.24, 2.45) is 0 Å². The van der Waals surface area contributed by atoms with E-state index < -0.39 is 12.6 Å². The third-order valence-electron chi connectivity index (χ3n) is 2.09. The van der Waals surface area contributed by atoms with Crippen LogP contribution in [0.5, 0.6) is 0 Å². The number of aromatic nitrogens is 2. The Kier molecular flexibility index (Phi) is 3.11. The molecule has 0 atom stereocenters. The van der Waals surface area contributed by atoms with Crippen LogP contribution in [0.15, 0.2) is 12.3 Å². The Balaban J connectivity index is 2.75. The van der Waals surface area contributed by atoms with Gasteiger partial charge in [-0.3, -0.25) is 4.68 Å². The zero-order chi connectivity index (χ0) is 11.7. The Bertz CT molecular complexity index is 320. The summed E-state index contributed by atoms with van der Waals surface area (Å²) in [5.41, 5.74) is 0.647. The van der Waals surface area contributed by atoms with Gasteiger partial charge in [-0.2, -0.15) is 18.3 Å². The molecule has 86 valence electrons. The van der Waals surface area contributed by atoms with Gasteiger partial charge < -0.3 is 0 Å². The molecule has 1 aromatic rings. The predicted molar refractivity (Wildman–Crippen MR) is 51.6 cm³/mol. The summed E-state index contributed by atoms with van der Waals surface area (Å²) in [6.07, 6.45) is -3.42. The summed E-state index contributed by atoms with van der Waals surface area (Å²) in [4.78, 5) is 0. The highest BCUT2D eigenvalue weighted by Gasteiger charge is 2.28. The topological polar surface area (TPSA) is 17.8 Å². The molecule has 0 radical (unpaired) electrons. The molecule has 2 nitrogen and oxygen atoms in total. The van der Waals surface area contributed by atoms with Crippen molar-refractivity contribution in [1.29, 1.82) is 0 Å². The van der Waals surface area contributed by atoms with Gasteiger partial charge in [0.15, 0.2) is 0 Å². The Morgan fingerprint density at radius 1 is 1.27 bits per heavy atom. The number of nitrogens with zero attached hydrogens (tertiary/aromatic N) is 2. The Morgan fingerprint density at radius 3 is 2.33 bits per heavy atom. The first-order valence-corrected chi connectivity index (χ1v) is 4.79. The van der Waals surface area contributed by atoms with Gasteiger partial charge in [-0.05, 0) is 6.07 Å². The van der Waals surface area contributed by atoms with Crippen LogP contribution in [0.2, 0.25) is 0 Å². The van der Waals surface area contributed by atoms with Crippen molar-refractivity contribution in [3.05, 3.63) is 18.0 Å². The van der Waals surface area contributed by atoms with Crippen molar-refractivity contribution in [3.63, 3.8) is 0 Å². The number of halogens is 3. The average molecular weight is 220 g/mol. The normalized spacial score (nSPS) is 13.2. The maximum atomic E-state index is 12.0. The molecular formula is C10H15F3N2. The van der Waals surface area contributed by atoms with E-state index in [-0.39, 0.29) is 12.0 Å². The van der Waals surface area contributed by atoms with Crippen LogP contribution in [0.25, 0.3) is 0 Å². The molecule has 0 aliphatic carbocycles. The van der Waals surface area contributed by atoms with Gasteiger partial charge in [0.1, 0.15) is 0 Å². The third-order valence-corrected chi connectivity index (χ3v) is 2.09. The largest absolute Gasteiger partial charge is 0.390 e. The fourth-order valence-electron chi connectivity index (χ4n) is 1.38. The van der Waals surface area contributed by atoms with Gasteiger partial charge in [0.25, 0.3) is 0 Å². The fraction of sp³-hybridized carbons (Fsp3) is 0.700. The zero-order valence-electron chi connectivity index (χ0n) is 9.10. The number of aryl methyl sites for hydroxylation is 1. The minimum Gasteiger partial charge on any atom is -0.269 e. The molecule has 0 fully saturated rings.